The van der Waals surface area contributed by atoms with Crippen molar-refractivity contribution >= 4 is 39.3 Å². The number of halogens is 1. The molecule has 0 radical (unpaired) electrons. The van der Waals surface area contributed by atoms with Crippen molar-refractivity contribution in [3.63, 3.8) is 0 Å². The molecule has 0 bridgehead atoms. The quantitative estimate of drug-likeness (QED) is 0.327. The van der Waals surface area contributed by atoms with E-state index >= 15 is 0 Å². The van der Waals surface area contributed by atoms with Crippen LogP contribution in [0.3, 0.4) is 0 Å². The Balaban J connectivity index is 1.38. The van der Waals surface area contributed by atoms with E-state index in [0.29, 0.717) is 12.7 Å². The van der Waals surface area contributed by atoms with Crippen molar-refractivity contribution in [2.75, 3.05) is 19.7 Å². The molecule has 4 nitrogen and oxygen atoms in total. The van der Waals surface area contributed by atoms with Crippen LogP contribution in [0.5, 0.6) is 5.75 Å². The molecule has 0 atom stereocenters. The number of hydrogen-bond acceptors (Lipinski definition) is 4. The molecule has 0 unspecified atom stereocenters. The Morgan fingerprint density at radius 3 is 2.52 bits per heavy atom. The lowest BCUT2D eigenvalue weighted by Gasteiger charge is -2.30. The first-order valence-corrected chi connectivity index (χ1v) is 12.9. The van der Waals surface area contributed by atoms with Crippen molar-refractivity contribution in [3.05, 3.63) is 39.5 Å². The number of piperidine rings is 1. The predicted molar refractivity (Wildman–Crippen MR) is 133 cm³/mol. The van der Waals surface area contributed by atoms with E-state index in [1.54, 1.807) is 0 Å². The molecule has 2 fully saturated rings. The predicted octanol–water partition coefficient (Wildman–Crippen LogP) is 6.18. The number of esters is 1. The van der Waals surface area contributed by atoms with Crippen LogP contribution in [0.15, 0.2) is 30.3 Å². The molecule has 0 spiro atoms. The van der Waals surface area contributed by atoms with Gasteiger partial charge < -0.3 is 9.47 Å². The Labute approximate surface area is 199 Å². The molecule has 1 aliphatic carbocycles. The van der Waals surface area contributed by atoms with E-state index in [1.165, 1.54) is 45.6 Å². The maximum Gasteiger partial charge on any atom is 0.309 e. The summed E-state index contributed by atoms with van der Waals surface area (Å²) < 4.78 is 12.8. The summed E-state index contributed by atoms with van der Waals surface area (Å²) in [6.07, 6.45) is 7.03. The fourth-order valence-electron chi connectivity index (χ4n) is 4.88. The molecule has 1 heterocycles. The van der Waals surface area contributed by atoms with Crippen molar-refractivity contribution in [2.45, 2.75) is 65.0 Å². The van der Waals surface area contributed by atoms with E-state index < -0.39 is 0 Å². The number of rotatable bonds is 6. The molecule has 0 amide bonds. The van der Waals surface area contributed by atoms with Gasteiger partial charge in [-0.2, -0.15) is 0 Å². The average Bonchev–Trinajstić information content (AvgIpc) is 2.78. The van der Waals surface area contributed by atoms with Gasteiger partial charge in [-0.05, 0) is 116 Å². The molecule has 4 rings (SSSR count). The molecule has 0 N–H and O–H groups in total. The van der Waals surface area contributed by atoms with Crippen molar-refractivity contribution in [1.82, 2.24) is 4.90 Å². The van der Waals surface area contributed by atoms with E-state index in [-0.39, 0.29) is 11.9 Å². The fraction of sp³-hybridized carbons (Fsp3) is 0.577. The van der Waals surface area contributed by atoms with Crippen molar-refractivity contribution in [1.29, 1.82) is 0 Å². The highest BCUT2D eigenvalue weighted by Crippen LogP contribution is 2.34. The fourth-order valence-corrected chi connectivity index (χ4v) is 5.68. The molecule has 31 heavy (non-hydrogen) atoms. The number of likely N-dealkylation sites (tertiary alicyclic amines) is 1. The first kappa shape index (κ1) is 22.8. The molecule has 1 aliphatic heterocycles. The molecule has 2 aliphatic rings. The van der Waals surface area contributed by atoms with Crippen molar-refractivity contribution < 1.29 is 14.3 Å². The van der Waals surface area contributed by atoms with Crippen LogP contribution < -0.4 is 4.74 Å². The Kier molecular flexibility index (Phi) is 7.75. The number of hydrogen-bond donors (Lipinski definition) is 0. The second-order valence-corrected chi connectivity index (χ2v) is 10.3. The minimum atomic E-state index is -0.0248. The van der Waals surface area contributed by atoms with Crippen LogP contribution in [0, 0.1) is 15.4 Å². The van der Waals surface area contributed by atoms with Crippen LogP contribution in [-0.2, 0) is 16.1 Å². The molecular weight excluding hydrogens is 501 g/mol. The lowest BCUT2D eigenvalue weighted by molar-refractivity contribution is -0.149. The summed E-state index contributed by atoms with van der Waals surface area (Å²) in [6.45, 7) is 7.52. The van der Waals surface area contributed by atoms with Gasteiger partial charge in [0.2, 0.25) is 0 Å². The standard InChI is InChI=1S/C26H34INO3/c1-3-30-26(29)20-12-14-28(15-13-20)17-19-6-10-23-21(16-19)7-11-24(25(23)27)31-22-8-4-18(2)5-9-22/h6-7,10-11,16,18,20,22H,3-5,8-9,12-15,17H2,1-2H3/t18-,22+. The van der Waals surface area contributed by atoms with Gasteiger partial charge in [0, 0.05) is 6.54 Å². The third-order valence-corrected chi connectivity index (χ3v) is 7.97. The maximum atomic E-state index is 12.0. The minimum Gasteiger partial charge on any atom is -0.489 e. The van der Waals surface area contributed by atoms with Gasteiger partial charge in [0.05, 0.1) is 22.2 Å². The minimum absolute atomic E-state index is 0.0248. The molecule has 0 aromatic heterocycles. The van der Waals surface area contributed by atoms with Crippen molar-refractivity contribution in [3.8, 4) is 5.75 Å². The third kappa shape index (κ3) is 5.72. The van der Waals surface area contributed by atoms with Gasteiger partial charge >= 0.3 is 5.97 Å². The van der Waals surface area contributed by atoms with Gasteiger partial charge in [0.1, 0.15) is 5.75 Å². The van der Waals surface area contributed by atoms with E-state index in [4.69, 9.17) is 9.47 Å². The number of nitrogens with zero attached hydrogens (tertiary/aromatic N) is 1. The highest BCUT2D eigenvalue weighted by atomic mass is 127. The molecular formula is C26H34INO3. The number of ether oxygens (including phenoxy) is 2. The lowest BCUT2D eigenvalue weighted by Crippen LogP contribution is -2.36. The summed E-state index contributed by atoms with van der Waals surface area (Å²) in [7, 11) is 0. The lowest BCUT2D eigenvalue weighted by atomic mass is 9.89. The molecule has 2 aromatic rings. The molecule has 168 valence electrons. The van der Waals surface area contributed by atoms with Crippen LogP contribution in [0.1, 0.15) is 57.9 Å². The number of fused-ring (bicyclic) bond motifs is 1. The van der Waals surface area contributed by atoms with Gasteiger partial charge in [-0.3, -0.25) is 9.69 Å². The Morgan fingerprint density at radius 2 is 1.81 bits per heavy atom. The largest absolute Gasteiger partial charge is 0.489 e. The monoisotopic (exact) mass is 535 g/mol. The molecule has 1 saturated carbocycles. The number of carbonyl (C=O) groups excluding carboxylic acids is 1. The summed E-state index contributed by atoms with van der Waals surface area (Å²) in [5.74, 6) is 1.91. The summed E-state index contributed by atoms with van der Waals surface area (Å²) in [5.41, 5.74) is 1.33. The van der Waals surface area contributed by atoms with E-state index in [0.717, 1.165) is 44.1 Å². The topological polar surface area (TPSA) is 38.8 Å². The first-order valence-electron chi connectivity index (χ1n) is 11.8. The van der Waals surface area contributed by atoms with Gasteiger partial charge in [-0.1, -0.05) is 25.1 Å². The normalized spacial score (nSPS) is 23.1. The van der Waals surface area contributed by atoms with Crippen LogP contribution in [0.2, 0.25) is 0 Å². The smallest absolute Gasteiger partial charge is 0.309 e. The van der Waals surface area contributed by atoms with Crippen LogP contribution >= 0.6 is 22.6 Å². The zero-order valence-corrected chi connectivity index (χ0v) is 20.9. The number of benzene rings is 2. The van der Waals surface area contributed by atoms with Gasteiger partial charge in [-0.15, -0.1) is 0 Å². The zero-order valence-electron chi connectivity index (χ0n) is 18.7. The van der Waals surface area contributed by atoms with Crippen molar-refractivity contribution in [2.24, 2.45) is 11.8 Å². The van der Waals surface area contributed by atoms with E-state index in [9.17, 15) is 4.79 Å². The maximum absolute atomic E-state index is 12.0. The Morgan fingerprint density at radius 1 is 1.06 bits per heavy atom. The second-order valence-electron chi connectivity index (χ2n) is 9.24. The third-order valence-electron chi connectivity index (χ3n) is 6.85. The highest BCUT2D eigenvalue weighted by molar-refractivity contribution is 14.1. The van der Waals surface area contributed by atoms with Gasteiger partial charge in [0.25, 0.3) is 0 Å². The second kappa shape index (κ2) is 10.5. The van der Waals surface area contributed by atoms with Gasteiger partial charge in [-0.25, -0.2) is 0 Å². The molecule has 1 saturated heterocycles. The number of carbonyl (C=O) groups is 1. The zero-order chi connectivity index (χ0) is 21.8. The van der Waals surface area contributed by atoms with Crippen LogP contribution in [0.25, 0.3) is 10.8 Å². The Hall–Kier alpha value is -1.34. The first-order chi connectivity index (χ1) is 15.0. The average molecular weight is 535 g/mol. The highest BCUT2D eigenvalue weighted by Gasteiger charge is 2.26. The summed E-state index contributed by atoms with van der Waals surface area (Å²) in [6, 6.07) is 11.1. The van der Waals surface area contributed by atoms with E-state index in [2.05, 4.69) is 64.7 Å². The van der Waals surface area contributed by atoms with Crippen LogP contribution in [0.4, 0.5) is 0 Å². The summed E-state index contributed by atoms with van der Waals surface area (Å²) >= 11 is 2.44. The molecule has 5 heteroatoms. The summed E-state index contributed by atoms with van der Waals surface area (Å²) in [4.78, 5) is 14.4. The Bertz CT molecular complexity index is 899. The SMILES string of the molecule is CCOC(=O)C1CCN(Cc2ccc3c(I)c(O[C@H]4CC[C@@H](C)CC4)ccc3c2)CC1. The summed E-state index contributed by atoms with van der Waals surface area (Å²) in [5, 5.41) is 2.54. The van der Waals surface area contributed by atoms with Gasteiger partial charge in [0.15, 0.2) is 0 Å². The van der Waals surface area contributed by atoms with Crippen LogP contribution in [-0.4, -0.2) is 36.7 Å². The van der Waals surface area contributed by atoms with E-state index in [1.807, 2.05) is 6.92 Å². The molecule has 2 aromatic carbocycles.